The van der Waals surface area contributed by atoms with E-state index in [1.165, 1.54) is 0 Å². The number of anilines is 3. The largest absolute Gasteiger partial charge is 0.384 e. The van der Waals surface area contributed by atoms with Crippen LogP contribution in [0.25, 0.3) is 22.5 Å². The fraction of sp³-hybridized carbons (Fsp3) is 0.0312. The van der Waals surface area contributed by atoms with Crippen LogP contribution in [-0.4, -0.2) is 21.3 Å². The van der Waals surface area contributed by atoms with Crippen molar-refractivity contribution in [1.82, 2.24) is 9.55 Å². The molecule has 0 fully saturated rings. The molecule has 2 heterocycles. The first-order valence-electron chi connectivity index (χ1n) is 12.5. The maximum Gasteiger partial charge on any atom is 0.265 e. The highest BCUT2D eigenvalue weighted by Gasteiger charge is 2.36. The van der Waals surface area contributed by atoms with Crippen LogP contribution in [0.5, 0.6) is 0 Å². The monoisotopic (exact) mass is 510 g/mol. The molecule has 1 aliphatic rings. The molecule has 39 heavy (non-hydrogen) atoms. The molecule has 0 bridgehead atoms. The average molecular weight is 511 g/mol. The summed E-state index contributed by atoms with van der Waals surface area (Å²) in [5, 5.41) is 11.3. The maximum atomic E-state index is 14.1. The number of hydrogen-bond donors (Lipinski definition) is 3. The number of para-hydroxylation sites is 2. The number of hydrogen-bond acceptors (Lipinski definition) is 4. The number of rotatable bonds is 6. The molecular weight excluding hydrogens is 484 g/mol. The van der Waals surface area contributed by atoms with Crippen molar-refractivity contribution in [3.05, 3.63) is 132 Å². The Morgan fingerprint density at radius 2 is 1.51 bits per heavy atom. The number of aromatic nitrogens is 2. The Kier molecular flexibility index (Phi) is 6.01. The molecular formula is C32H26N6O. The highest BCUT2D eigenvalue weighted by atomic mass is 16.2. The van der Waals surface area contributed by atoms with Crippen molar-refractivity contribution in [3.8, 4) is 11.3 Å². The van der Waals surface area contributed by atoms with E-state index in [-0.39, 0.29) is 11.7 Å². The zero-order valence-electron chi connectivity index (χ0n) is 21.3. The molecule has 190 valence electrons. The van der Waals surface area contributed by atoms with Crippen LogP contribution >= 0.6 is 0 Å². The van der Waals surface area contributed by atoms with E-state index in [2.05, 4.69) is 10.3 Å². The predicted octanol–water partition coefficient (Wildman–Crippen LogP) is 6.03. The summed E-state index contributed by atoms with van der Waals surface area (Å²) in [6.07, 6.45) is 3.75. The van der Waals surface area contributed by atoms with Crippen molar-refractivity contribution in [1.29, 1.82) is 5.41 Å². The van der Waals surface area contributed by atoms with Crippen LogP contribution in [0.2, 0.25) is 0 Å². The fourth-order valence-corrected chi connectivity index (χ4v) is 4.82. The van der Waals surface area contributed by atoms with Gasteiger partial charge in [-0.15, -0.1) is 0 Å². The number of nitrogens with two attached hydrogens (primary N) is 1. The molecule has 0 saturated heterocycles. The van der Waals surface area contributed by atoms with Gasteiger partial charge < -0.3 is 15.6 Å². The SMILES string of the molecule is Cn1cnc(-c2ccc(NC(=C3C(=O)N(c4ccccc4)c4ccccc43)c3ccc(C(=N)N)cc3)cc2)c1. The Bertz CT molecular complexity index is 1720. The number of nitrogen functional groups attached to an aromatic ring is 1. The maximum absolute atomic E-state index is 14.1. The van der Waals surface area contributed by atoms with Gasteiger partial charge in [-0.2, -0.15) is 0 Å². The summed E-state index contributed by atoms with van der Waals surface area (Å²) in [6.45, 7) is 0. The van der Waals surface area contributed by atoms with Gasteiger partial charge in [0, 0.05) is 41.3 Å². The summed E-state index contributed by atoms with van der Waals surface area (Å²) in [7, 11) is 1.94. The number of amides is 1. The van der Waals surface area contributed by atoms with Gasteiger partial charge in [-0.05, 0) is 35.9 Å². The molecule has 0 radical (unpaired) electrons. The molecule has 1 aliphatic heterocycles. The molecule has 1 amide bonds. The van der Waals surface area contributed by atoms with E-state index in [4.69, 9.17) is 11.1 Å². The lowest BCUT2D eigenvalue weighted by molar-refractivity contribution is -0.112. The molecule has 0 aliphatic carbocycles. The molecule has 0 saturated carbocycles. The molecule has 7 heteroatoms. The standard InChI is InChI=1S/C32H26N6O/c1-37-19-27(35-20-37)21-15-17-24(18-16-21)36-30(22-11-13-23(14-12-22)31(33)34)29-26-9-5-6-10-28(26)38(32(29)39)25-7-3-2-4-8-25/h2-20,36H,1H3,(H3,33,34). The van der Waals surface area contributed by atoms with Crippen LogP contribution in [-0.2, 0) is 11.8 Å². The first kappa shape index (κ1) is 23.9. The normalized spacial score (nSPS) is 13.8. The second-order valence-electron chi connectivity index (χ2n) is 9.36. The third kappa shape index (κ3) is 4.46. The lowest BCUT2D eigenvalue weighted by atomic mass is 9.99. The lowest BCUT2D eigenvalue weighted by Gasteiger charge is -2.18. The summed E-state index contributed by atoms with van der Waals surface area (Å²) in [5.41, 5.74) is 13.6. The Morgan fingerprint density at radius 1 is 0.846 bits per heavy atom. The third-order valence-electron chi connectivity index (χ3n) is 6.74. The minimum atomic E-state index is -0.120. The predicted molar refractivity (Wildman–Crippen MR) is 157 cm³/mol. The molecule has 0 spiro atoms. The van der Waals surface area contributed by atoms with Crippen molar-refractivity contribution >= 4 is 40.1 Å². The number of benzene rings is 4. The molecule has 0 atom stereocenters. The van der Waals surface area contributed by atoms with Crippen LogP contribution in [0.1, 0.15) is 16.7 Å². The molecule has 5 aromatic rings. The second-order valence-corrected chi connectivity index (χ2v) is 9.36. The smallest absolute Gasteiger partial charge is 0.265 e. The summed E-state index contributed by atoms with van der Waals surface area (Å²) in [5.74, 6) is -0.128. The van der Waals surface area contributed by atoms with Crippen LogP contribution in [0.4, 0.5) is 17.1 Å². The zero-order chi connectivity index (χ0) is 26.9. The number of aryl methyl sites for hydroxylation is 1. The minimum absolute atomic E-state index is 0.00800. The van der Waals surface area contributed by atoms with Gasteiger partial charge in [0.05, 0.1) is 29.0 Å². The topological polar surface area (TPSA) is 100 Å². The summed E-state index contributed by atoms with van der Waals surface area (Å²) in [6, 6.07) is 32.8. The third-order valence-corrected chi connectivity index (χ3v) is 6.74. The van der Waals surface area contributed by atoms with Crippen LogP contribution < -0.4 is 16.0 Å². The van der Waals surface area contributed by atoms with Crippen molar-refractivity contribution < 1.29 is 4.79 Å². The van der Waals surface area contributed by atoms with Gasteiger partial charge in [-0.25, -0.2) is 4.98 Å². The number of nitrogens with one attached hydrogen (secondary N) is 2. The van der Waals surface area contributed by atoms with Gasteiger partial charge in [0.2, 0.25) is 0 Å². The number of nitrogens with zero attached hydrogens (tertiary/aromatic N) is 3. The summed E-state index contributed by atoms with van der Waals surface area (Å²) >= 11 is 0. The van der Waals surface area contributed by atoms with Crippen molar-refractivity contribution in [2.24, 2.45) is 12.8 Å². The van der Waals surface area contributed by atoms with E-state index in [9.17, 15) is 4.79 Å². The fourth-order valence-electron chi connectivity index (χ4n) is 4.82. The van der Waals surface area contributed by atoms with E-state index >= 15 is 0 Å². The van der Waals surface area contributed by atoms with Crippen LogP contribution in [0.3, 0.4) is 0 Å². The highest BCUT2D eigenvalue weighted by molar-refractivity contribution is 6.40. The van der Waals surface area contributed by atoms with Crippen molar-refractivity contribution in [2.45, 2.75) is 0 Å². The van der Waals surface area contributed by atoms with Crippen LogP contribution in [0, 0.1) is 5.41 Å². The minimum Gasteiger partial charge on any atom is -0.384 e. The summed E-state index contributed by atoms with van der Waals surface area (Å²) in [4.78, 5) is 20.3. The first-order valence-corrected chi connectivity index (χ1v) is 12.5. The van der Waals surface area contributed by atoms with Gasteiger partial charge in [0.25, 0.3) is 5.91 Å². The van der Waals surface area contributed by atoms with Crippen molar-refractivity contribution in [2.75, 3.05) is 10.2 Å². The zero-order valence-corrected chi connectivity index (χ0v) is 21.3. The van der Waals surface area contributed by atoms with E-state index in [1.807, 2.05) is 109 Å². The number of carbonyl (C=O) groups excluding carboxylic acids is 1. The Labute approximate surface area is 226 Å². The van der Waals surface area contributed by atoms with Gasteiger partial charge in [0.1, 0.15) is 5.84 Å². The quantitative estimate of drug-likeness (QED) is 0.148. The van der Waals surface area contributed by atoms with Gasteiger partial charge in [-0.1, -0.05) is 72.8 Å². The van der Waals surface area contributed by atoms with E-state index in [0.29, 0.717) is 16.8 Å². The average Bonchev–Trinajstić information content (AvgIpc) is 3.53. The van der Waals surface area contributed by atoms with E-state index in [1.54, 1.807) is 23.4 Å². The Hall–Kier alpha value is -5.43. The Balaban J connectivity index is 1.49. The second kappa shape index (κ2) is 9.79. The molecule has 6 rings (SSSR count). The number of fused-ring (bicyclic) bond motifs is 1. The highest BCUT2D eigenvalue weighted by Crippen LogP contribution is 2.44. The molecule has 7 nitrogen and oxygen atoms in total. The van der Waals surface area contributed by atoms with Crippen molar-refractivity contribution in [3.63, 3.8) is 0 Å². The molecule has 0 unspecified atom stereocenters. The number of carbonyl (C=O) groups is 1. The number of amidine groups is 1. The molecule has 1 aromatic heterocycles. The Morgan fingerprint density at radius 3 is 2.18 bits per heavy atom. The number of imidazole rings is 1. The van der Waals surface area contributed by atoms with Crippen LogP contribution in [0.15, 0.2) is 116 Å². The molecule has 4 aromatic carbocycles. The lowest BCUT2D eigenvalue weighted by Crippen LogP contribution is -2.21. The van der Waals surface area contributed by atoms with E-state index in [0.717, 1.165) is 39.4 Å². The van der Waals surface area contributed by atoms with E-state index < -0.39 is 0 Å². The van der Waals surface area contributed by atoms with Gasteiger partial charge in [0.15, 0.2) is 0 Å². The van der Waals surface area contributed by atoms with Gasteiger partial charge >= 0.3 is 0 Å². The summed E-state index contributed by atoms with van der Waals surface area (Å²) < 4.78 is 1.91. The van der Waals surface area contributed by atoms with Gasteiger partial charge in [-0.3, -0.25) is 15.1 Å². The first-order chi connectivity index (χ1) is 19.0. The molecule has 4 N–H and O–H groups in total.